The number of unbranched alkanes of at least 4 members (excludes halogenated alkanes) is 10. The van der Waals surface area contributed by atoms with Crippen molar-refractivity contribution in [2.75, 3.05) is 21.1 Å². The number of esters is 1. The second-order valence-electron chi connectivity index (χ2n) is 7.49. The fourth-order valence-electron chi connectivity index (χ4n) is 2.34. The lowest BCUT2D eigenvalue weighted by Gasteiger charge is -2.30. The van der Waals surface area contributed by atoms with Crippen LogP contribution in [0.1, 0.15) is 90.9 Å². The van der Waals surface area contributed by atoms with Crippen LogP contribution in [0.25, 0.3) is 0 Å². The van der Waals surface area contributed by atoms with Gasteiger partial charge in [-0.25, -0.2) is 0 Å². The van der Waals surface area contributed by atoms with Crippen LogP contribution in [-0.2, 0) is 9.53 Å². The first-order chi connectivity index (χ1) is 10.4. The zero-order valence-electron chi connectivity index (χ0n) is 16.2. The van der Waals surface area contributed by atoms with Gasteiger partial charge in [0.1, 0.15) is 0 Å². The van der Waals surface area contributed by atoms with Crippen molar-refractivity contribution in [2.45, 2.75) is 97.1 Å². The smallest absolute Gasteiger partial charge is 0.310 e. The Kier molecular flexibility index (Phi) is 17.3. The molecule has 0 amide bonds. The Morgan fingerprint density at radius 1 is 0.826 bits per heavy atom. The van der Waals surface area contributed by atoms with Gasteiger partial charge in [-0.05, 0) is 6.42 Å². The van der Waals surface area contributed by atoms with E-state index in [1.54, 1.807) is 0 Å². The molecule has 0 aromatic carbocycles. The second kappa shape index (κ2) is 15.7. The normalized spacial score (nSPS) is 12.6. The summed E-state index contributed by atoms with van der Waals surface area (Å²) in [6.07, 6.45) is 14.9. The summed E-state index contributed by atoms with van der Waals surface area (Å²) in [5.74, 6) is -0.0449. The van der Waals surface area contributed by atoms with Crippen LogP contribution in [-0.4, -0.2) is 37.8 Å². The van der Waals surface area contributed by atoms with Crippen molar-refractivity contribution < 1.29 is 38.0 Å². The topological polar surface area (TPSA) is 26.3 Å². The lowest BCUT2D eigenvalue weighted by Crippen LogP contribution is -3.00. The minimum absolute atomic E-state index is 0. The maximum atomic E-state index is 11.7. The van der Waals surface area contributed by atoms with E-state index in [0.717, 1.165) is 12.8 Å². The second-order valence-corrected chi connectivity index (χ2v) is 7.49. The lowest BCUT2D eigenvalue weighted by atomic mass is 10.1. The van der Waals surface area contributed by atoms with Gasteiger partial charge in [0.25, 0.3) is 0 Å². The summed E-state index contributed by atoms with van der Waals surface area (Å²) < 4.78 is 6.10. The van der Waals surface area contributed by atoms with Crippen molar-refractivity contribution in [3.63, 3.8) is 0 Å². The molecule has 0 saturated carbocycles. The molecule has 1 unspecified atom stereocenters. The van der Waals surface area contributed by atoms with Crippen LogP contribution in [0.5, 0.6) is 0 Å². The number of nitrogens with zero attached hydrogens (tertiary/aromatic N) is 1. The van der Waals surface area contributed by atoms with E-state index in [1.165, 1.54) is 57.8 Å². The van der Waals surface area contributed by atoms with Crippen LogP contribution in [0.15, 0.2) is 0 Å². The summed E-state index contributed by atoms with van der Waals surface area (Å²) in [4.78, 5) is 11.7. The predicted molar refractivity (Wildman–Crippen MR) is 94.7 cm³/mol. The maximum Gasteiger partial charge on any atom is 0.310 e. The minimum Gasteiger partial charge on any atom is -1.00 e. The Bertz CT molecular complexity index is 277. The molecule has 0 spiro atoms. The van der Waals surface area contributed by atoms with Crippen molar-refractivity contribution >= 4 is 5.97 Å². The molecule has 0 N–H and O–H groups in total. The summed E-state index contributed by atoms with van der Waals surface area (Å²) in [5.41, 5.74) is 0. The first kappa shape index (κ1) is 25.4. The average Bonchev–Trinajstić information content (AvgIpc) is 2.43. The van der Waals surface area contributed by atoms with Gasteiger partial charge in [-0.1, -0.05) is 71.1 Å². The molecule has 0 aliphatic heterocycles. The fourth-order valence-corrected chi connectivity index (χ4v) is 2.34. The Morgan fingerprint density at radius 2 is 1.22 bits per heavy atom. The van der Waals surface area contributed by atoms with Crippen molar-refractivity contribution in [3.8, 4) is 0 Å². The molecule has 0 radical (unpaired) electrons. The summed E-state index contributed by atoms with van der Waals surface area (Å²) >= 11 is 0. The van der Waals surface area contributed by atoms with E-state index in [0.29, 0.717) is 10.9 Å². The highest BCUT2D eigenvalue weighted by molar-refractivity contribution is 5.69. The van der Waals surface area contributed by atoms with E-state index < -0.39 is 0 Å². The van der Waals surface area contributed by atoms with Gasteiger partial charge in [0.2, 0.25) is 6.23 Å². The third-order valence-corrected chi connectivity index (χ3v) is 4.38. The Hall–Kier alpha value is 0.160. The molecule has 23 heavy (non-hydrogen) atoms. The van der Waals surface area contributed by atoms with Crippen molar-refractivity contribution in [2.24, 2.45) is 0 Å². The van der Waals surface area contributed by atoms with E-state index in [1.807, 2.05) is 28.1 Å². The molecule has 140 valence electrons. The van der Waals surface area contributed by atoms with Crippen LogP contribution in [0, 0.1) is 0 Å². The quantitative estimate of drug-likeness (QED) is 0.136. The van der Waals surface area contributed by atoms with Gasteiger partial charge < -0.3 is 28.7 Å². The zero-order valence-corrected chi connectivity index (χ0v) is 18.4. The fraction of sp³-hybridized carbons (Fsp3) is 0.947. The Labute approximate surface area is 162 Å². The number of quaternary nitrogens is 1. The number of hydrogen-bond donors (Lipinski definition) is 0. The largest absolute Gasteiger partial charge is 1.00 e. The van der Waals surface area contributed by atoms with E-state index >= 15 is 0 Å². The number of rotatable bonds is 14. The first-order valence-corrected chi connectivity index (χ1v) is 9.38. The molecule has 0 aliphatic carbocycles. The standard InChI is InChI=1S/C19H40NO2.HI/c1-6-7-8-9-10-11-12-13-14-15-16-17-19(21)22-18(2)20(3,4)5;/h18H,6-17H2,1-5H3;1H/q+1;/p-1. The molecule has 0 heterocycles. The molecule has 4 heteroatoms. The van der Waals surface area contributed by atoms with Crippen molar-refractivity contribution in [3.05, 3.63) is 0 Å². The van der Waals surface area contributed by atoms with Gasteiger partial charge in [0.15, 0.2) is 0 Å². The number of ether oxygens (including phenoxy) is 1. The molecule has 0 rings (SSSR count). The van der Waals surface area contributed by atoms with E-state index in [9.17, 15) is 4.79 Å². The van der Waals surface area contributed by atoms with Crippen LogP contribution >= 0.6 is 0 Å². The third kappa shape index (κ3) is 16.8. The van der Waals surface area contributed by atoms with Crippen molar-refractivity contribution in [1.29, 1.82) is 0 Å². The number of hydrogen-bond acceptors (Lipinski definition) is 2. The predicted octanol–water partition coefficient (Wildman–Crippen LogP) is 2.29. The molecule has 0 aliphatic rings. The number of carbonyl (C=O) groups excluding carboxylic acids is 1. The maximum absolute atomic E-state index is 11.7. The molecule has 0 bridgehead atoms. The molecule has 0 fully saturated rings. The molecule has 0 aromatic rings. The molecular weight excluding hydrogens is 401 g/mol. The molecular formula is C19H40INO2. The minimum atomic E-state index is -0.0693. The van der Waals surface area contributed by atoms with Gasteiger partial charge in [-0.2, -0.15) is 0 Å². The van der Waals surface area contributed by atoms with Gasteiger partial charge >= 0.3 is 5.97 Å². The zero-order chi connectivity index (χ0) is 16.8. The highest BCUT2D eigenvalue weighted by atomic mass is 127. The monoisotopic (exact) mass is 441 g/mol. The Morgan fingerprint density at radius 3 is 1.61 bits per heavy atom. The van der Waals surface area contributed by atoms with Crippen LogP contribution in [0.3, 0.4) is 0 Å². The highest BCUT2D eigenvalue weighted by Crippen LogP contribution is 2.13. The van der Waals surface area contributed by atoms with Crippen molar-refractivity contribution in [1.82, 2.24) is 0 Å². The van der Waals surface area contributed by atoms with E-state index in [4.69, 9.17) is 4.74 Å². The van der Waals surface area contributed by atoms with Gasteiger partial charge in [0, 0.05) is 13.3 Å². The summed E-state index contributed by atoms with van der Waals surface area (Å²) in [7, 11) is 6.13. The third-order valence-electron chi connectivity index (χ3n) is 4.38. The van der Waals surface area contributed by atoms with E-state index in [-0.39, 0.29) is 36.2 Å². The SMILES string of the molecule is CCCCCCCCCCCCCC(=O)OC(C)[N+](C)(C)C.[I-]. The van der Waals surface area contributed by atoms with Gasteiger partial charge in [-0.15, -0.1) is 0 Å². The molecule has 3 nitrogen and oxygen atoms in total. The summed E-state index contributed by atoms with van der Waals surface area (Å²) in [6, 6.07) is 0. The molecule has 1 atom stereocenters. The summed E-state index contributed by atoms with van der Waals surface area (Å²) in [5, 5.41) is 0. The lowest BCUT2D eigenvalue weighted by molar-refractivity contribution is -0.914. The summed E-state index contributed by atoms with van der Waals surface area (Å²) in [6.45, 7) is 4.22. The Balaban J connectivity index is 0. The van der Waals surface area contributed by atoms with E-state index in [2.05, 4.69) is 6.92 Å². The van der Waals surface area contributed by atoms with Crippen LogP contribution in [0.2, 0.25) is 0 Å². The first-order valence-electron chi connectivity index (χ1n) is 9.38. The average molecular weight is 441 g/mol. The van der Waals surface area contributed by atoms with Crippen LogP contribution in [0.4, 0.5) is 0 Å². The number of carbonyl (C=O) groups is 1. The van der Waals surface area contributed by atoms with Gasteiger partial charge in [0.05, 0.1) is 21.1 Å². The molecule has 0 aromatic heterocycles. The number of halogens is 1. The molecule has 0 saturated heterocycles. The van der Waals surface area contributed by atoms with Gasteiger partial charge in [-0.3, -0.25) is 9.28 Å². The van der Waals surface area contributed by atoms with Crippen LogP contribution < -0.4 is 24.0 Å². The highest BCUT2D eigenvalue weighted by Gasteiger charge is 2.21.